The Balaban J connectivity index is 4.31. The van der Waals surface area contributed by atoms with Crippen LogP contribution >= 0.6 is 11.6 Å². The van der Waals surface area contributed by atoms with Gasteiger partial charge in [-0.3, -0.25) is 4.79 Å². The fraction of sp³-hybridized carbons (Fsp3) is 0.923. The van der Waals surface area contributed by atoms with Gasteiger partial charge in [-0.1, -0.05) is 27.7 Å². The van der Waals surface area contributed by atoms with Crippen molar-refractivity contribution in [3.05, 3.63) is 0 Å². The molecule has 17 heavy (non-hydrogen) atoms. The van der Waals surface area contributed by atoms with Crippen LogP contribution in [0.1, 0.15) is 34.1 Å². The zero-order chi connectivity index (χ0) is 13.5. The minimum Gasteiger partial charge on any atom is -0.383 e. The Hall–Kier alpha value is -0.280. The van der Waals surface area contributed by atoms with Crippen molar-refractivity contribution in [2.24, 2.45) is 11.3 Å². The monoisotopic (exact) mass is 263 g/mol. The summed E-state index contributed by atoms with van der Waals surface area (Å²) in [6.45, 7) is 10.4. The van der Waals surface area contributed by atoms with Crippen LogP contribution in [0.4, 0.5) is 0 Å². The highest BCUT2D eigenvalue weighted by molar-refractivity contribution is 6.18. The van der Waals surface area contributed by atoms with E-state index < -0.39 is 0 Å². The number of carbonyl (C=O) groups excluding carboxylic acids is 1. The number of amides is 1. The van der Waals surface area contributed by atoms with Crippen molar-refractivity contribution < 1.29 is 9.53 Å². The molecule has 0 N–H and O–H groups in total. The van der Waals surface area contributed by atoms with Gasteiger partial charge in [0.05, 0.1) is 6.61 Å². The SMILES string of the molecule is COCCN(CCCl)C(=O)CC(C)C(C)(C)C. The van der Waals surface area contributed by atoms with Gasteiger partial charge in [0.25, 0.3) is 0 Å². The first-order chi connectivity index (χ1) is 7.82. The molecular formula is C13H26ClNO2. The molecule has 1 amide bonds. The summed E-state index contributed by atoms with van der Waals surface area (Å²) in [5.74, 6) is 1.000. The fourth-order valence-electron chi connectivity index (χ4n) is 1.36. The van der Waals surface area contributed by atoms with Crippen molar-refractivity contribution in [1.82, 2.24) is 4.90 Å². The molecule has 1 unspecified atom stereocenters. The van der Waals surface area contributed by atoms with E-state index >= 15 is 0 Å². The molecule has 4 heteroatoms. The summed E-state index contributed by atoms with van der Waals surface area (Å²) in [4.78, 5) is 13.9. The molecule has 0 aliphatic carbocycles. The largest absolute Gasteiger partial charge is 0.383 e. The Morgan fingerprint density at radius 3 is 2.35 bits per heavy atom. The third kappa shape index (κ3) is 6.89. The molecule has 0 aromatic heterocycles. The van der Waals surface area contributed by atoms with E-state index in [2.05, 4.69) is 27.7 Å². The lowest BCUT2D eigenvalue weighted by atomic mass is 9.80. The third-order valence-electron chi connectivity index (χ3n) is 3.23. The van der Waals surface area contributed by atoms with Crippen LogP contribution in [0.2, 0.25) is 0 Å². The maximum atomic E-state index is 12.1. The maximum Gasteiger partial charge on any atom is 0.222 e. The van der Waals surface area contributed by atoms with Crippen molar-refractivity contribution in [3.63, 3.8) is 0 Å². The van der Waals surface area contributed by atoms with E-state index in [4.69, 9.17) is 16.3 Å². The standard InChI is InChI=1S/C13H26ClNO2/c1-11(13(2,3)4)10-12(16)15(7-6-14)8-9-17-5/h11H,6-10H2,1-5H3. The Bertz CT molecular complexity index is 226. The molecule has 0 aliphatic heterocycles. The van der Waals surface area contributed by atoms with E-state index in [1.165, 1.54) is 0 Å². The summed E-state index contributed by atoms with van der Waals surface area (Å²) >= 11 is 5.71. The minimum atomic E-state index is 0.156. The van der Waals surface area contributed by atoms with Crippen LogP contribution in [0.25, 0.3) is 0 Å². The summed E-state index contributed by atoms with van der Waals surface area (Å²) in [7, 11) is 1.64. The molecule has 0 heterocycles. The molecule has 102 valence electrons. The van der Waals surface area contributed by atoms with E-state index in [-0.39, 0.29) is 11.3 Å². The molecule has 0 rings (SSSR count). The summed E-state index contributed by atoms with van der Waals surface area (Å²) in [6, 6.07) is 0. The summed E-state index contributed by atoms with van der Waals surface area (Å²) < 4.78 is 5.00. The number of methoxy groups -OCH3 is 1. The predicted molar refractivity (Wildman–Crippen MR) is 72.4 cm³/mol. The average molecular weight is 264 g/mol. The van der Waals surface area contributed by atoms with Gasteiger partial charge < -0.3 is 9.64 Å². The number of hydrogen-bond acceptors (Lipinski definition) is 2. The van der Waals surface area contributed by atoms with Gasteiger partial charge in [-0.05, 0) is 11.3 Å². The lowest BCUT2D eigenvalue weighted by molar-refractivity contribution is -0.133. The molecule has 0 radical (unpaired) electrons. The Kier molecular flexibility index (Phi) is 7.80. The molecule has 0 saturated carbocycles. The van der Waals surface area contributed by atoms with E-state index in [0.717, 1.165) is 0 Å². The lowest BCUT2D eigenvalue weighted by Gasteiger charge is -2.29. The molecule has 3 nitrogen and oxygen atoms in total. The molecule has 0 fully saturated rings. The number of alkyl halides is 1. The summed E-state index contributed by atoms with van der Waals surface area (Å²) in [6.07, 6.45) is 0.574. The average Bonchev–Trinajstić information content (AvgIpc) is 2.22. The second kappa shape index (κ2) is 7.93. The topological polar surface area (TPSA) is 29.5 Å². The quantitative estimate of drug-likeness (QED) is 0.661. The van der Waals surface area contributed by atoms with Crippen LogP contribution in [0.3, 0.4) is 0 Å². The highest BCUT2D eigenvalue weighted by atomic mass is 35.5. The second-order valence-electron chi connectivity index (χ2n) is 5.53. The van der Waals surface area contributed by atoms with Gasteiger partial charge in [0.2, 0.25) is 5.91 Å². The van der Waals surface area contributed by atoms with Crippen LogP contribution in [0, 0.1) is 11.3 Å². The molecule has 0 aromatic rings. The van der Waals surface area contributed by atoms with Gasteiger partial charge in [0.1, 0.15) is 0 Å². The maximum absolute atomic E-state index is 12.1. The number of hydrogen-bond donors (Lipinski definition) is 0. The Morgan fingerprint density at radius 2 is 1.94 bits per heavy atom. The van der Waals surface area contributed by atoms with E-state index in [1.807, 2.05) is 0 Å². The van der Waals surface area contributed by atoms with Crippen LogP contribution in [-0.4, -0.2) is 43.5 Å². The number of ether oxygens (including phenoxy) is 1. The normalized spacial score (nSPS) is 13.5. The minimum absolute atomic E-state index is 0.156. The predicted octanol–water partition coefficient (Wildman–Crippen LogP) is 2.77. The Labute approximate surface area is 110 Å². The smallest absolute Gasteiger partial charge is 0.222 e. The number of halogens is 1. The first-order valence-electron chi connectivity index (χ1n) is 6.15. The van der Waals surface area contributed by atoms with Gasteiger partial charge in [0, 0.05) is 32.5 Å². The van der Waals surface area contributed by atoms with E-state index in [9.17, 15) is 4.79 Å². The molecule has 0 aliphatic rings. The molecule has 0 aromatic carbocycles. The zero-order valence-corrected chi connectivity index (χ0v) is 12.5. The highest BCUT2D eigenvalue weighted by Gasteiger charge is 2.24. The van der Waals surface area contributed by atoms with Crippen LogP contribution in [0.15, 0.2) is 0 Å². The summed E-state index contributed by atoms with van der Waals surface area (Å²) in [5, 5.41) is 0. The molecule has 0 bridgehead atoms. The molecule has 1 atom stereocenters. The number of carbonyl (C=O) groups is 1. The van der Waals surface area contributed by atoms with Gasteiger partial charge in [-0.25, -0.2) is 0 Å². The van der Waals surface area contributed by atoms with Crippen molar-refractivity contribution >= 4 is 17.5 Å². The van der Waals surface area contributed by atoms with Crippen molar-refractivity contribution in [1.29, 1.82) is 0 Å². The van der Waals surface area contributed by atoms with Crippen LogP contribution < -0.4 is 0 Å². The molecular weight excluding hydrogens is 238 g/mol. The van der Waals surface area contributed by atoms with Crippen molar-refractivity contribution in [2.45, 2.75) is 34.1 Å². The fourth-order valence-corrected chi connectivity index (χ4v) is 1.57. The highest BCUT2D eigenvalue weighted by Crippen LogP contribution is 2.28. The van der Waals surface area contributed by atoms with Gasteiger partial charge in [0.15, 0.2) is 0 Å². The Morgan fingerprint density at radius 1 is 1.35 bits per heavy atom. The molecule has 0 spiro atoms. The van der Waals surface area contributed by atoms with Gasteiger partial charge in [-0.2, -0.15) is 0 Å². The van der Waals surface area contributed by atoms with Crippen molar-refractivity contribution in [2.75, 3.05) is 32.7 Å². The third-order valence-corrected chi connectivity index (χ3v) is 3.40. The van der Waals surface area contributed by atoms with Gasteiger partial charge >= 0.3 is 0 Å². The first kappa shape index (κ1) is 16.7. The van der Waals surface area contributed by atoms with Crippen LogP contribution in [-0.2, 0) is 9.53 Å². The first-order valence-corrected chi connectivity index (χ1v) is 6.69. The lowest BCUT2D eigenvalue weighted by Crippen LogP contribution is -2.37. The van der Waals surface area contributed by atoms with Gasteiger partial charge in [-0.15, -0.1) is 11.6 Å². The van der Waals surface area contributed by atoms with Crippen LogP contribution in [0.5, 0.6) is 0 Å². The zero-order valence-electron chi connectivity index (χ0n) is 11.8. The summed E-state index contributed by atoms with van der Waals surface area (Å²) in [5.41, 5.74) is 0.156. The number of nitrogens with zero attached hydrogens (tertiary/aromatic N) is 1. The van der Waals surface area contributed by atoms with Crippen molar-refractivity contribution in [3.8, 4) is 0 Å². The molecule has 0 saturated heterocycles. The van der Waals surface area contributed by atoms with E-state index in [1.54, 1.807) is 12.0 Å². The number of rotatable bonds is 7. The van der Waals surface area contributed by atoms with E-state index in [0.29, 0.717) is 37.9 Å². The second-order valence-corrected chi connectivity index (χ2v) is 5.91.